The van der Waals surface area contributed by atoms with Gasteiger partial charge in [-0.05, 0) is 74.1 Å². The van der Waals surface area contributed by atoms with Crippen LogP contribution in [0.25, 0.3) is 0 Å². The highest BCUT2D eigenvalue weighted by molar-refractivity contribution is 5.19. The first-order chi connectivity index (χ1) is 10.3. The molecule has 1 unspecified atom stereocenters. The van der Waals surface area contributed by atoms with Crippen molar-refractivity contribution in [2.24, 2.45) is 5.41 Å². The second kappa shape index (κ2) is 7.74. The molecule has 1 atom stereocenters. The van der Waals surface area contributed by atoms with Gasteiger partial charge in [-0.3, -0.25) is 0 Å². The molecule has 0 spiro atoms. The second-order valence-electron chi connectivity index (χ2n) is 10.3. The molecule has 0 saturated carbocycles. The molecule has 24 heavy (non-hydrogen) atoms. The molecule has 4 heteroatoms. The Bertz CT molecular complexity index is 449. The third-order valence-electron chi connectivity index (χ3n) is 2.47. The van der Waals surface area contributed by atoms with E-state index in [9.17, 15) is 0 Å². The molecule has 0 aromatic rings. The van der Waals surface area contributed by atoms with Gasteiger partial charge in [-0.1, -0.05) is 32.6 Å². The van der Waals surface area contributed by atoms with Gasteiger partial charge < -0.3 is 0 Å². The number of hydrogen-bond acceptors (Lipinski definition) is 4. The van der Waals surface area contributed by atoms with E-state index in [1.165, 1.54) is 0 Å². The Morgan fingerprint density at radius 2 is 0.958 bits per heavy atom. The van der Waals surface area contributed by atoms with Crippen LogP contribution >= 0.6 is 0 Å². The standard InChI is InChI=1S/C20H38O4/c1-16(2,3)15-20(12,24-22-18(7,8)9)14-13-19(10,11)23-21-17(4,5)6/h15H2,1-12H3. The summed E-state index contributed by atoms with van der Waals surface area (Å²) < 4.78 is 0. The first-order valence-electron chi connectivity index (χ1n) is 8.61. The highest BCUT2D eigenvalue weighted by Gasteiger charge is 2.33. The van der Waals surface area contributed by atoms with Gasteiger partial charge in [0.1, 0.15) is 0 Å². The third kappa shape index (κ3) is 12.8. The maximum atomic E-state index is 5.74. The normalized spacial score (nSPS) is 16.3. The Morgan fingerprint density at radius 1 is 0.542 bits per heavy atom. The fourth-order valence-corrected chi connectivity index (χ4v) is 1.86. The Hall–Kier alpha value is -0.600. The van der Waals surface area contributed by atoms with Crippen LogP contribution in [-0.2, 0) is 19.6 Å². The molecule has 0 radical (unpaired) electrons. The molecule has 0 aliphatic carbocycles. The predicted octanol–water partition coefficient (Wildman–Crippen LogP) is 5.46. The molecule has 0 rings (SSSR count). The smallest absolute Gasteiger partial charge is 0.161 e. The highest BCUT2D eigenvalue weighted by Crippen LogP contribution is 2.31. The second-order valence-corrected chi connectivity index (χ2v) is 10.3. The summed E-state index contributed by atoms with van der Waals surface area (Å²) in [6.45, 7) is 23.8. The van der Waals surface area contributed by atoms with Crippen molar-refractivity contribution < 1.29 is 19.6 Å². The molecule has 4 nitrogen and oxygen atoms in total. The fraction of sp³-hybridized carbons (Fsp3) is 0.900. The molecule has 0 bridgehead atoms. The van der Waals surface area contributed by atoms with E-state index in [2.05, 4.69) is 32.6 Å². The lowest BCUT2D eigenvalue weighted by molar-refractivity contribution is -0.392. The van der Waals surface area contributed by atoms with Crippen molar-refractivity contribution in [2.75, 3.05) is 0 Å². The van der Waals surface area contributed by atoms with Crippen LogP contribution in [0.3, 0.4) is 0 Å². The van der Waals surface area contributed by atoms with E-state index < -0.39 is 16.8 Å². The Labute approximate surface area is 149 Å². The van der Waals surface area contributed by atoms with Crippen molar-refractivity contribution >= 4 is 0 Å². The van der Waals surface area contributed by atoms with E-state index in [0.29, 0.717) is 0 Å². The number of hydrogen-bond donors (Lipinski definition) is 0. The van der Waals surface area contributed by atoms with Gasteiger partial charge in [-0.2, -0.15) is 0 Å². The van der Waals surface area contributed by atoms with Crippen LogP contribution < -0.4 is 0 Å². The van der Waals surface area contributed by atoms with Crippen LogP contribution in [0.5, 0.6) is 0 Å². The number of rotatable bonds is 5. The van der Waals surface area contributed by atoms with E-state index in [1.54, 1.807) is 0 Å². The van der Waals surface area contributed by atoms with Crippen LogP contribution in [0.15, 0.2) is 0 Å². The van der Waals surface area contributed by atoms with Crippen LogP contribution in [-0.4, -0.2) is 22.4 Å². The molecule has 0 saturated heterocycles. The summed E-state index contributed by atoms with van der Waals surface area (Å²) in [7, 11) is 0. The monoisotopic (exact) mass is 342 g/mol. The van der Waals surface area contributed by atoms with E-state index in [0.717, 1.165) is 6.42 Å². The van der Waals surface area contributed by atoms with Crippen molar-refractivity contribution in [1.29, 1.82) is 0 Å². The lowest BCUT2D eigenvalue weighted by atomic mass is 9.83. The minimum absolute atomic E-state index is 0.0393. The van der Waals surface area contributed by atoms with E-state index in [4.69, 9.17) is 19.6 Å². The van der Waals surface area contributed by atoms with Gasteiger partial charge in [0, 0.05) is 0 Å². The van der Waals surface area contributed by atoms with Crippen molar-refractivity contribution in [2.45, 2.75) is 112 Å². The molecule has 0 fully saturated rings. The molecule has 0 aromatic heterocycles. The van der Waals surface area contributed by atoms with E-state index in [1.807, 2.05) is 62.3 Å². The predicted molar refractivity (Wildman–Crippen MR) is 98.2 cm³/mol. The summed E-state index contributed by atoms with van der Waals surface area (Å²) in [5.74, 6) is 6.33. The zero-order chi connectivity index (χ0) is 19.4. The molecule has 0 aliphatic rings. The summed E-state index contributed by atoms with van der Waals surface area (Å²) in [6.07, 6.45) is 0.722. The topological polar surface area (TPSA) is 36.9 Å². The summed E-state index contributed by atoms with van der Waals surface area (Å²) >= 11 is 0. The van der Waals surface area contributed by atoms with Crippen molar-refractivity contribution in [3.63, 3.8) is 0 Å². The Morgan fingerprint density at radius 3 is 1.33 bits per heavy atom. The van der Waals surface area contributed by atoms with Gasteiger partial charge in [0.2, 0.25) is 0 Å². The van der Waals surface area contributed by atoms with Gasteiger partial charge in [0.25, 0.3) is 0 Å². The summed E-state index contributed by atoms with van der Waals surface area (Å²) in [6, 6.07) is 0. The first kappa shape index (κ1) is 23.4. The zero-order valence-corrected chi connectivity index (χ0v) is 17.8. The maximum Gasteiger partial charge on any atom is 0.161 e. The van der Waals surface area contributed by atoms with Crippen molar-refractivity contribution in [3.05, 3.63) is 0 Å². The minimum atomic E-state index is -0.752. The summed E-state index contributed by atoms with van der Waals surface area (Å²) in [4.78, 5) is 22.2. The van der Waals surface area contributed by atoms with Gasteiger partial charge >= 0.3 is 0 Å². The molecule has 0 aromatic carbocycles. The molecule has 0 aliphatic heterocycles. The SMILES string of the molecule is CC(C)(C)CC(C)(C#CC(C)(C)OOC(C)(C)C)OOC(C)(C)C. The highest BCUT2D eigenvalue weighted by atomic mass is 17.2. The van der Waals surface area contributed by atoms with Gasteiger partial charge in [-0.25, -0.2) is 19.6 Å². The molecule has 0 heterocycles. The van der Waals surface area contributed by atoms with Gasteiger partial charge in [-0.15, -0.1) is 0 Å². The molecule has 0 N–H and O–H groups in total. The maximum absolute atomic E-state index is 5.74. The lowest BCUT2D eigenvalue weighted by Crippen LogP contribution is -2.37. The van der Waals surface area contributed by atoms with Crippen LogP contribution in [0, 0.1) is 17.3 Å². The first-order valence-corrected chi connectivity index (χ1v) is 8.61. The summed E-state index contributed by atoms with van der Waals surface area (Å²) in [5, 5.41) is 0. The molecular weight excluding hydrogens is 304 g/mol. The summed E-state index contributed by atoms with van der Waals surface area (Å²) in [5.41, 5.74) is -2.25. The average molecular weight is 343 g/mol. The third-order valence-corrected chi connectivity index (χ3v) is 2.47. The van der Waals surface area contributed by atoms with Crippen molar-refractivity contribution in [1.82, 2.24) is 0 Å². The zero-order valence-electron chi connectivity index (χ0n) is 17.8. The van der Waals surface area contributed by atoms with Gasteiger partial charge in [0.05, 0.1) is 11.2 Å². The quantitative estimate of drug-likeness (QED) is 0.378. The molecule has 142 valence electrons. The van der Waals surface area contributed by atoms with Crippen molar-refractivity contribution in [3.8, 4) is 11.8 Å². The van der Waals surface area contributed by atoms with Gasteiger partial charge in [0.15, 0.2) is 11.2 Å². The lowest BCUT2D eigenvalue weighted by Gasteiger charge is -2.33. The Balaban J connectivity index is 5.25. The molecular formula is C20H38O4. The Kier molecular flexibility index (Phi) is 7.55. The fourth-order valence-electron chi connectivity index (χ4n) is 1.86. The molecule has 0 amide bonds. The minimum Gasteiger partial charge on any atom is -0.229 e. The van der Waals surface area contributed by atoms with E-state index in [-0.39, 0.29) is 11.0 Å². The van der Waals surface area contributed by atoms with Crippen LogP contribution in [0.1, 0.15) is 89.5 Å². The average Bonchev–Trinajstić information content (AvgIpc) is 2.29. The van der Waals surface area contributed by atoms with Crippen LogP contribution in [0.4, 0.5) is 0 Å². The largest absolute Gasteiger partial charge is 0.229 e. The van der Waals surface area contributed by atoms with E-state index >= 15 is 0 Å². The van der Waals surface area contributed by atoms with Crippen LogP contribution in [0.2, 0.25) is 0 Å².